The molecule has 0 bridgehead atoms. The van der Waals surface area contributed by atoms with Crippen LogP contribution in [-0.2, 0) is 0 Å². The molecule has 1 nitrogen and oxygen atoms in total. The summed E-state index contributed by atoms with van der Waals surface area (Å²) < 4.78 is 0. The van der Waals surface area contributed by atoms with Crippen LogP contribution in [0.3, 0.4) is 0 Å². The Balaban J connectivity index is 0. The molecule has 0 unspecified atom stereocenters. The molecular formula is C8H14NRf-. The molecule has 1 aliphatic rings. The first-order valence-corrected chi connectivity index (χ1v) is 3.38. The Bertz CT molecular complexity index is 85.4. The van der Waals surface area contributed by atoms with Gasteiger partial charge < -0.3 is 5.73 Å². The van der Waals surface area contributed by atoms with Crippen LogP contribution in [0, 0.1) is 0 Å². The van der Waals surface area contributed by atoms with Gasteiger partial charge in [-0.3, -0.25) is 0 Å². The third-order valence-electron chi connectivity index (χ3n) is 0.905. The average molecular weight is 391 g/mol. The van der Waals surface area contributed by atoms with Crippen LogP contribution >= 0.6 is 0 Å². The van der Waals surface area contributed by atoms with Crippen molar-refractivity contribution in [2.24, 2.45) is 0 Å². The number of nitrogens with one attached hydrogen (secondary N) is 1. The summed E-state index contributed by atoms with van der Waals surface area (Å²) in [7, 11) is 0. The van der Waals surface area contributed by atoms with Crippen LogP contribution in [-0.4, -0.2) is 6.54 Å². The van der Waals surface area contributed by atoms with Crippen molar-refractivity contribution < 1.29 is 0 Å². The molecular weight excluding hydrogens is 377 g/mol. The topological polar surface area (TPSA) is 23.8 Å². The zero-order valence-electron chi connectivity index (χ0n) is 6.64. The molecule has 0 aromatic rings. The van der Waals surface area contributed by atoms with E-state index < -0.39 is 0 Å². The molecule has 0 atom stereocenters. The van der Waals surface area contributed by atoms with Gasteiger partial charge in [-0.25, -0.2) is 0 Å². The zero-order valence-corrected chi connectivity index (χ0v) is 13.0. The molecule has 54 valence electrons. The van der Waals surface area contributed by atoms with Crippen molar-refractivity contribution in [1.29, 1.82) is 0 Å². The van der Waals surface area contributed by atoms with E-state index in [4.69, 9.17) is 5.73 Å². The molecule has 2 heteroatoms. The molecule has 0 aromatic heterocycles. The minimum atomic E-state index is 0. The van der Waals surface area contributed by atoms with Gasteiger partial charge in [-0.1, -0.05) is 37.6 Å². The molecule has 0 amide bonds. The Kier molecular flexibility index (Phi) is 11.7. The third-order valence-corrected chi connectivity index (χ3v) is 0.905. The van der Waals surface area contributed by atoms with Gasteiger partial charge in [0.15, 0.2) is 0 Å². The van der Waals surface area contributed by atoms with E-state index in [0.29, 0.717) is 6.54 Å². The Morgan fingerprint density at radius 1 is 1.30 bits per heavy atom. The van der Waals surface area contributed by atoms with E-state index in [1.807, 2.05) is 6.92 Å². The van der Waals surface area contributed by atoms with Crippen LogP contribution in [0.25, 0.3) is 5.73 Å². The van der Waals surface area contributed by atoms with Gasteiger partial charge in [0.1, 0.15) is 0 Å². The fourth-order valence-electron chi connectivity index (χ4n) is 0.393. The fourth-order valence-corrected chi connectivity index (χ4v) is 0.393. The van der Waals surface area contributed by atoms with E-state index in [2.05, 4.69) is 24.3 Å². The van der Waals surface area contributed by atoms with Crippen molar-refractivity contribution in [3.63, 3.8) is 0 Å². The summed E-state index contributed by atoms with van der Waals surface area (Å²) in [6.07, 6.45) is 10.5. The minimum absolute atomic E-state index is 0. The van der Waals surface area contributed by atoms with Crippen LogP contribution in [0.1, 0.15) is 19.8 Å². The summed E-state index contributed by atoms with van der Waals surface area (Å²) in [5.74, 6) is 0. The molecule has 0 radical (unpaired) electrons. The van der Waals surface area contributed by atoms with Gasteiger partial charge in [0.05, 0.1) is 0 Å². The first-order chi connectivity index (χ1) is 4.41. The van der Waals surface area contributed by atoms with E-state index in [-0.39, 0.29) is 0 Å². The average Bonchev–Trinajstić information content (AvgIpc) is 2.43. The Morgan fingerprint density at radius 3 is 1.80 bits per heavy atom. The monoisotopic (exact) mass is 391 g/mol. The quantitative estimate of drug-likeness (QED) is 0.657. The van der Waals surface area contributed by atoms with E-state index >= 15 is 0 Å². The van der Waals surface area contributed by atoms with Crippen LogP contribution in [0.5, 0.6) is 0 Å². The molecule has 0 aliphatic heterocycles. The maximum atomic E-state index is 6.45. The van der Waals surface area contributed by atoms with Gasteiger partial charge in [0.2, 0.25) is 0 Å². The normalized spacial score (nSPS) is 11.8. The molecule has 0 saturated carbocycles. The number of hydrogen-bond donors (Lipinski definition) is 0. The van der Waals surface area contributed by atoms with E-state index in [1.165, 1.54) is 0 Å². The van der Waals surface area contributed by atoms with Crippen molar-refractivity contribution in [1.82, 2.24) is 0 Å². The van der Waals surface area contributed by atoms with Crippen LogP contribution in [0.15, 0.2) is 24.3 Å². The Hall–Kier alpha value is -1.56. The Labute approximate surface area is 57.3 Å². The molecule has 1 aliphatic carbocycles. The zero-order chi connectivity index (χ0) is 6.95. The van der Waals surface area contributed by atoms with Crippen LogP contribution in [0.4, 0.5) is 0 Å². The first kappa shape index (κ1) is 11.3. The van der Waals surface area contributed by atoms with E-state index in [9.17, 15) is 0 Å². The molecule has 10 heavy (non-hydrogen) atoms. The summed E-state index contributed by atoms with van der Waals surface area (Å²) in [6, 6.07) is 0. The first-order valence-electron chi connectivity index (χ1n) is 3.38. The van der Waals surface area contributed by atoms with E-state index in [0.717, 1.165) is 12.8 Å². The summed E-state index contributed by atoms with van der Waals surface area (Å²) in [4.78, 5) is 0. The second-order valence-corrected chi connectivity index (χ2v) is 1.84. The van der Waals surface area contributed by atoms with Crippen molar-refractivity contribution in [2.45, 2.75) is 19.8 Å². The molecule has 0 spiro atoms. The molecule has 1 N–H and O–H groups in total. The van der Waals surface area contributed by atoms with Gasteiger partial charge in [-0.15, -0.1) is 0 Å². The SMILES string of the molecule is C1=CCC=C1.CCC[NH-].[Rf]. The standard InChI is InChI=1S/C5H6.C3H8N.Rf/c1-2-4-5-3-1;1-2-3-4;/h1-4H,5H2;4H,2-3H2,1H3;/q;-1;. The van der Waals surface area contributed by atoms with Crippen molar-refractivity contribution in [2.75, 3.05) is 6.54 Å². The van der Waals surface area contributed by atoms with Crippen molar-refractivity contribution in [3.8, 4) is 0 Å². The second kappa shape index (κ2) is 10.4. The molecule has 0 saturated heterocycles. The molecule has 1 rings (SSSR count). The van der Waals surface area contributed by atoms with Gasteiger partial charge in [-0.05, 0) is 6.42 Å². The summed E-state index contributed by atoms with van der Waals surface area (Å²) in [6.45, 7) is 2.56. The number of hydrogen-bond acceptors (Lipinski definition) is 0. The molecule has 0 aromatic carbocycles. The second-order valence-electron chi connectivity index (χ2n) is 1.84. The van der Waals surface area contributed by atoms with Crippen LogP contribution in [0.2, 0.25) is 0 Å². The number of rotatable bonds is 1. The molecule has 0 fully saturated rings. The van der Waals surface area contributed by atoms with Gasteiger partial charge >= 0.3 is 0 Å². The largest absolute Gasteiger partial charge is 0.677 e. The maximum absolute atomic E-state index is 6.45. The van der Waals surface area contributed by atoms with E-state index in [1.54, 1.807) is 0 Å². The van der Waals surface area contributed by atoms with Gasteiger partial charge in [0.25, 0.3) is 0 Å². The van der Waals surface area contributed by atoms with Crippen molar-refractivity contribution >= 4 is 0 Å². The summed E-state index contributed by atoms with van der Waals surface area (Å²) >= 11 is 0. The third kappa shape index (κ3) is 9.67. The fraction of sp³-hybridized carbons (Fsp3) is 0.500. The predicted molar refractivity (Wildman–Crippen MR) is 42.4 cm³/mol. The smallest absolute Gasteiger partial charge is 0 e. The Morgan fingerprint density at radius 2 is 1.70 bits per heavy atom. The minimum Gasteiger partial charge on any atom is -0.677 e. The maximum Gasteiger partial charge on any atom is 0 e. The summed E-state index contributed by atoms with van der Waals surface area (Å²) in [5.41, 5.74) is 6.45. The molecule has 0 heterocycles. The van der Waals surface area contributed by atoms with Gasteiger partial charge in [-0.2, -0.15) is 6.54 Å². The predicted octanol–water partition coefficient (Wildman–Crippen LogP) is 2.95. The summed E-state index contributed by atoms with van der Waals surface area (Å²) in [5, 5.41) is 0. The van der Waals surface area contributed by atoms with Crippen molar-refractivity contribution in [3.05, 3.63) is 30.0 Å². The van der Waals surface area contributed by atoms with Gasteiger partial charge in [0, 0.05) is 0 Å². The number of allylic oxidation sites excluding steroid dienone is 4. The van der Waals surface area contributed by atoms with Crippen LogP contribution < -0.4 is 0 Å².